The van der Waals surface area contributed by atoms with Gasteiger partial charge in [-0.3, -0.25) is 9.20 Å². The molecule has 7 nitrogen and oxygen atoms in total. The van der Waals surface area contributed by atoms with E-state index < -0.39 is 0 Å². The van der Waals surface area contributed by atoms with E-state index in [0.29, 0.717) is 23.6 Å². The number of hydrogen-bond acceptors (Lipinski definition) is 4. The number of nitrogens with one attached hydrogen (secondary N) is 1. The third-order valence-corrected chi connectivity index (χ3v) is 3.96. The molecule has 1 amide bonds. The van der Waals surface area contributed by atoms with Gasteiger partial charge in [-0.05, 0) is 48.0 Å². The quantitative estimate of drug-likeness (QED) is 0.555. The van der Waals surface area contributed by atoms with Gasteiger partial charge in [0.15, 0.2) is 5.65 Å². The highest BCUT2D eigenvalue weighted by molar-refractivity contribution is 6.01. The summed E-state index contributed by atoms with van der Waals surface area (Å²) in [6.07, 6.45) is 6.22. The third-order valence-electron chi connectivity index (χ3n) is 3.96. The molecule has 1 aromatic carbocycles. The smallest absolute Gasteiger partial charge is 0.350 e. The molecule has 0 aliphatic rings. The average Bonchev–Trinajstić information content (AvgIpc) is 3.29. The molecule has 0 saturated carbocycles. The van der Waals surface area contributed by atoms with E-state index in [1.165, 1.54) is 15.2 Å². The zero-order valence-electron chi connectivity index (χ0n) is 14.3. The van der Waals surface area contributed by atoms with Gasteiger partial charge >= 0.3 is 5.69 Å². The van der Waals surface area contributed by atoms with Gasteiger partial charge in [-0.15, -0.1) is 5.10 Å². The van der Waals surface area contributed by atoms with E-state index in [1.807, 2.05) is 24.3 Å². The highest BCUT2D eigenvalue weighted by atomic mass is 16.3. The van der Waals surface area contributed by atoms with E-state index in [9.17, 15) is 9.59 Å². The van der Waals surface area contributed by atoms with Crippen LogP contribution >= 0.6 is 0 Å². The fourth-order valence-corrected chi connectivity index (χ4v) is 2.72. The molecule has 7 heteroatoms. The number of hydrogen-bond donors (Lipinski definition) is 1. The van der Waals surface area contributed by atoms with Crippen molar-refractivity contribution in [3.63, 3.8) is 0 Å². The highest BCUT2D eigenvalue weighted by Gasteiger charge is 2.07. The van der Waals surface area contributed by atoms with E-state index in [-0.39, 0.29) is 11.6 Å². The van der Waals surface area contributed by atoms with E-state index >= 15 is 0 Å². The van der Waals surface area contributed by atoms with Gasteiger partial charge in [-0.25, -0.2) is 9.48 Å². The van der Waals surface area contributed by atoms with Crippen LogP contribution in [0.25, 0.3) is 11.7 Å². The van der Waals surface area contributed by atoms with Gasteiger partial charge < -0.3 is 9.73 Å². The van der Waals surface area contributed by atoms with Crippen molar-refractivity contribution in [2.24, 2.45) is 0 Å². The summed E-state index contributed by atoms with van der Waals surface area (Å²) >= 11 is 0. The van der Waals surface area contributed by atoms with Crippen molar-refractivity contribution in [1.29, 1.82) is 0 Å². The summed E-state index contributed by atoms with van der Waals surface area (Å²) in [7, 11) is 0. The van der Waals surface area contributed by atoms with Crippen LogP contribution in [-0.4, -0.2) is 20.1 Å². The maximum Gasteiger partial charge on any atom is 0.350 e. The van der Waals surface area contributed by atoms with Gasteiger partial charge in [-0.2, -0.15) is 0 Å². The Balaban J connectivity index is 1.49. The van der Waals surface area contributed by atoms with E-state index in [0.717, 1.165) is 5.56 Å². The monoisotopic (exact) mass is 360 g/mol. The number of aromatic nitrogens is 3. The first kappa shape index (κ1) is 16.6. The number of carbonyl (C=O) groups is 1. The van der Waals surface area contributed by atoms with Crippen LogP contribution in [0.2, 0.25) is 0 Å². The number of benzene rings is 1. The van der Waals surface area contributed by atoms with Crippen molar-refractivity contribution < 1.29 is 9.21 Å². The lowest BCUT2D eigenvalue weighted by Gasteiger charge is -2.05. The van der Waals surface area contributed by atoms with Gasteiger partial charge in [0.2, 0.25) is 5.91 Å². The fraction of sp³-hybridized carbons (Fsp3) is 0.0500. The molecule has 4 rings (SSSR count). The molecule has 0 unspecified atom stereocenters. The lowest BCUT2D eigenvalue weighted by Crippen LogP contribution is -2.21. The Morgan fingerprint density at radius 2 is 2.07 bits per heavy atom. The Morgan fingerprint density at radius 1 is 1.15 bits per heavy atom. The first-order chi connectivity index (χ1) is 13.2. The summed E-state index contributed by atoms with van der Waals surface area (Å²) < 4.78 is 8.03. The molecule has 3 heterocycles. The molecule has 3 aromatic heterocycles. The van der Waals surface area contributed by atoms with Crippen molar-refractivity contribution in [2.45, 2.75) is 6.54 Å². The molecule has 0 atom stereocenters. The first-order valence-electron chi connectivity index (χ1n) is 8.35. The summed E-state index contributed by atoms with van der Waals surface area (Å²) in [6, 6.07) is 16.2. The molecule has 0 bridgehead atoms. The number of pyridine rings is 1. The summed E-state index contributed by atoms with van der Waals surface area (Å²) in [5.41, 5.74) is 1.88. The van der Waals surface area contributed by atoms with Gasteiger partial charge in [0.25, 0.3) is 0 Å². The number of furan rings is 1. The van der Waals surface area contributed by atoms with E-state index in [1.54, 1.807) is 48.9 Å². The number of fused-ring (bicyclic) bond motifs is 1. The Hall–Kier alpha value is -3.87. The molecule has 0 aliphatic heterocycles. The van der Waals surface area contributed by atoms with Crippen LogP contribution < -0.4 is 11.0 Å². The highest BCUT2D eigenvalue weighted by Crippen LogP contribution is 2.12. The molecule has 0 fully saturated rings. The van der Waals surface area contributed by atoms with Gasteiger partial charge in [-0.1, -0.05) is 18.2 Å². The number of anilines is 1. The molecule has 27 heavy (non-hydrogen) atoms. The minimum atomic E-state index is -0.270. The van der Waals surface area contributed by atoms with Crippen molar-refractivity contribution in [2.75, 3.05) is 5.32 Å². The van der Waals surface area contributed by atoms with Gasteiger partial charge in [0.05, 0.1) is 12.8 Å². The molecule has 0 saturated heterocycles. The van der Waals surface area contributed by atoms with E-state index in [4.69, 9.17) is 4.42 Å². The standard InChI is InChI=1S/C20H16N4O3/c25-19(10-9-17-7-4-12-27-17)21-16-6-3-5-15(13-16)14-24-20(26)23-11-2-1-8-18(23)22-24/h1-13H,14H2,(H,21,25)/b10-9+. The van der Waals surface area contributed by atoms with Gasteiger partial charge in [0.1, 0.15) is 5.76 Å². The van der Waals surface area contributed by atoms with E-state index in [2.05, 4.69) is 10.4 Å². The average molecular weight is 360 g/mol. The normalized spacial score (nSPS) is 11.3. The molecule has 0 aliphatic carbocycles. The Bertz CT molecular complexity index is 1170. The number of rotatable bonds is 5. The largest absolute Gasteiger partial charge is 0.465 e. The number of amides is 1. The molecule has 0 spiro atoms. The van der Waals surface area contributed by atoms with Crippen LogP contribution in [0.15, 0.2) is 82.3 Å². The zero-order chi connectivity index (χ0) is 18.6. The summed E-state index contributed by atoms with van der Waals surface area (Å²) in [6.45, 7) is 0.312. The van der Waals surface area contributed by atoms with Crippen LogP contribution in [-0.2, 0) is 11.3 Å². The second-order valence-corrected chi connectivity index (χ2v) is 5.91. The van der Waals surface area contributed by atoms with Crippen molar-refractivity contribution in [3.8, 4) is 0 Å². The summed E-state index contributed by atoms with van der Waals surface area (Å²) in [5, 5.41) is 7.11. The van der Waals surface area contributed by atoms with Crippen LogP contribution in [0, 0.1) is 0 Å². The summed E-state index contributed by atoms with van der Waals surface area (Å²) in [5.74, 6) is 0.332. The lowest BCUT2D eigenvalue weighted by molar-refractivity contribution is -0.111. The molecular weight excluding hydrogens is 344 g/mol. The second-order valence-electron chi connectivity index (χ2n) is 5.91. The van der Waals surface area contributed by atoms with Crippen LogP contribution in [0.3, 0.4) is 0 Å². The third kappa shape index (κ3) is 3.72. The van der Waals surface area contributed by atoms with Crippen LogP contribution in [0.1, 0.15) is 11.3 Å². The second kappa shape index (κ2) is 7.17. The maximum absolute atomic E-state index is 12.4. The predicted molar refractivity (Wildman–Crippen MR) is 101 cm³/mol. The molecule has 134 valence electrons. The van der Waals surface area contributed by atoms with Crippen LogP contribution in [0.5, 0.6) is 0 Å². The van der Waals surface area contributed by atoms with Crippen molar-refractivity contribution in [3.05, 3.63) is 94.9 Å². The van der Waals surface area contributed by atoms with Gasteiger partial charge in [0, 0.05) is 18.0 Å². The minimum Gasteiger partial charge on any atom is -0.465 e. The lowest BCUT2D eigenvalue weighted by atomic mass is 10.2. The first-order valence-corrected chi connectivity index (χ1v) is 8.35. The number of nitrogens with zero attached hydrogens (tertiary/aromatic N) is 3. The number of carbonyl (C=O) groups excluding carboxylic acids is 1. The molecule has 0 radical (unpaired) electrons. The minimum absolute atomic E-state index is 0.207. The van der Waals surface area contributed by atoms with Crippen molar-refractivity contribution >= 4 is 23.3 Å². The Morgan fingerprint density at radius 3 is 2.89 bits per heavy atom. The molecule has 1 N–H and O–H groups in total. The SMILES string of the molecule is O=C(/C=C/c1ccco1)Nc1cccc(Cn2nc3ccccn3c2=O)c1. The Labute approximate surface area is 154 Å². The fourth-order valence-electron chi connectivity index (χ4n) is 2.72. The maximum atomic E-state index is 12.4. The van der Waals surface area contributed by atoms with Crippen molar-refractivity contribution in [1.82, 2.24) is 14.2 Å². The molecule has 4 aromatic rings. The predicted octanol–water partition coefficient (Wildman–Crippen LogP) is 2.79. The Kier molecular flexibility index (Phi) is 4.40. The molecular formula is C20H16N4O3. The zero-order valence-corrected chi connectivity index (χ0v) is 14.3. The van der Waals surface area contributed by atoms with Crippen LogP contribution in [0.4, 0.5) is 5.69 Å². The summed E-state index contributed by atoms with van der Waals surface area (Å²) in [4.78, 5) is 24.4. The topological polar surface area (TPSA) is 81.5 Å².